The van der Waals surface area contributed by atoms with Crippen LogP contribution in [0.3, 0.4) is 0 Å². The highest BCUT2D eigenvalue weighted by molar-refractivity contribution is 5.78. The minimum absolute atomic E-state index is 0.0154. The molecular formula is C20H26N2O2. The molecule has 0 aliphatic rings. The Kier molecular flexibility index (Phi) is 6.82. The average Bonchev–Trinajstić information content (AvgIpc) is 2.60. The Labute approximate surface area is 144 Å². The number of carbonyl (C=O) groups is 1. The number of phenolic OH excluding ortho intramolecular Hbond substituents is 1. The molecule has 0 unspecified atom stereocenters. The molecule has 0 heterocycles. The molecule has 24 heavy (non-hydrogen) atoms. The molecule has 128 valence electrons. The van der Waals surface area contributed by atoms with Crippen LogP contribution in [-0.2, 0) is 24.3 Å². The van der Waals surface area contributed by atoms with Crippen molar-refractivity contribution in [3.8, 4) is 5.75 Å². The predicted molar refractivity (Wildman–Crippen MR) is 96.7 cm³/mol. The van der Waals surface area contributed by atoms with Crippen LogP contribution in [0.4, 0.5) is 0 Å². The Bertz CT molecular complexity index is 649. The van der Waals surface area contributed by atoms with Gasteiger partial charge in [0.25, 0.3) is 0 Å². The normalized spacial score (nSPS) is 10.8. The third kappa shape index (κ3) is 5.39. The van der Waals surface area contributed by atoms with Gasteiger partial charge in [0, 0.05) is 13.1 Å². The van der Waals surface area contributed by atoms with Crippen LogP contribution < -0.4 is 5.32 Å². The number of carbonyl (C=O) groups excluding carboxylic acids is 1. The van der Waals surface area contributed by atoms with Crippen LogP contribution in [-0.4, -0.2) is 29.0 Å². The van der Waals surface area contributed by atoms with E-state index in [0.29, 0.717) is 13.0 Å². The van der Waals surface area contributed by atoms with E-state index >= 15 is 0 Å². The summed E-state index contributed by atoms with van der Waals surface area (Å²) in [6.07, 6.45) is 0.318. The van der Waals surface area contributed by atoms with E-state index in [-0.39, 0.29) is 11.7 Å². The largest absolute Gasteiger partial charge is 0.508 e. The van der Waals surface area contributed by atoms with E-state index in [1.807, 2.05) is 12.1 Å². The van der Waals surface area contributed by atoms with Crippen LogP contribution in [0, 0.1) is 0 Å². The minimum Gasteiger partial charge on any atom is -0.508 e. The quantitative estimate of drug-likeness (QED) is 0.784. The molecule has 2 rings (SSSR count). The molecule has 4 nitrogen and oxygen atoms in total. The molecule has 2 aromatic carbocycles. The molecule has 1 amide bonds. The van der Waals surface area contributed by atoms with Gasteiger partial charge in [-0.25, -0.2) is 0 Å². The zero-order valence-electron chi connectivity index (χ0n) is 14.5. The van der Waals surface area contributed by atoms with E-state index < -0.39 is 0 Å². The summed E-state index contributed by atoms with van der Waals surface area (Å²) in [4.78, 5) is 14.5. The summed E-state index contributed by atoms with van der Waals surface area (Å²) in [7, 11) is 0. The van der Waals surface area contributed by atoms with Crippen LogP contribution in [0.2, 0.25) is 0 Å². The highest BCUT2D eigenvalue weighted by Crippen LogP contribution is 2.13. The lowest BCUT2D eigenvalue weighted by atomic mass is 10.1. The number of nitrogens with zero attached hydrogens (tertiary/aromatic N) is 1. The minimum atomic E-state index is -0.0154. The van der Waals surface area contributed by atoms with E-state index in [1.54, 1.807) is 24.3 Å². The first-order chi connectivity index (χ1) is 11.6. The van der Waals surface area contributed by atoms with Gasteiger partial charge < -0.3 is 10.4 Å². The molecule has 2 N–H and O–H groups in total. The molecule has 0 radical (unpaired) electrons. The Morgan fingerprint density at radius 2 is 1.62 bits per heavy atom. The fraction of sp³-hybridized carbons (Fsp3) is 0.350. The monoisotopic (exact) mass is 326 g/mol. The van der Waals surface area contributed by atoms with Crippen molar-refractivity contribution < 1.29 is 9.90 Å². The molecule has 0 aliphatic heterocycles. The van der Waals surface area contributed by atoms with Crippen molar-refractivity contribution >= 4 is 5.91 Å². The fourth-order valence-electron chi connectivity index (χ4n) is 2.63. The standard InChI is InChI=1S/C20H26N2O2/c1-3-22(4-2)15-18-8-6-5-7-17(18)14-21-20(24)13-16-9-11-19(23)12-10-16/h5-12,23H,3-4,13-15H2,1-2H3,(H,21,24). The number of hydrogen-bond acceptors (Lipinski definition) is 3. The van der Waals surface area contributed by atoms with Gasteiger partial charge >= 0.3 is 0 Å². The number of rotatable bonds is 8. The van der Waals surface area contributed by atoms with Crippen LogP contribution in [0.25, 0.3) is 0 Å². The van der Waals surface area contributed by atoms with Gasteiger partial charge in [0.05, 0.1) is 6.42 Å². The van der Waals surface area contributed by atoms with Gasteiger partial charge in [0.1, 0.15) is 5.75 Å². The van der Waals surface area contributed by atoms with Crippen LogP contribution in [0.15, 0.2) is 48.5 Å². The molecule has 0 aliphatic carbocycles. The molecule has 0 fully saturated rings. The van der Waals surface area contributed by atoms with Gasteiger partial charge in [-0.05, 0) is 41.9 Å². The maximum absolute atomic E-state index is 12.1. The number of phenols is 1. The Morgan fingerprint density at radius 3 is 2.25 bits per heavy atom. The summed E-state index contributed by atoms with van der Waals surface area (Å²) >= 11 is 0. The Balaban J connectivity index is 1.93. The molecule has 0 spiro atoms. The smallest absolute Gasteiger partial charge is 0.224 e. The Morgan fingerprint density at radius 1 is 1.00 bits per heavy atom. The number of aromatic hydroxyl groups is 1. The molecular weight excluding hydrogens is 300 g/mol. The second-order valence-corrected chi connectivity index (χ2v) is 5.85. The van der Waals surface area contributed by atoms with Crippen molar-refractivity contribution in [1.82, 2.24) is 10.2 Å². The van der Waals surface area contributed by atoms with E-state index in [4.69, 9.17) is 0 Å². The van der Waals surface area contributed by atoms with E-state index in [0.717, 1.165) is 30.8 Å². The third-order valence-electron chi connectivity index (χ3n) is 4.18. The highest BCUT2D eigenvalue weighted by atomic mass is 16.3. The molecule has 0 saturated heterocycles. The number of nitrogens with one attached hydrogen (secondary N) is 1. The SMILES string of the molecule is CCN(CC)Cc1ccccc1CNC(=O)Cc1ccc(O)cc1. The molecule has 0 saturated carbocycles. The third-order valence-corrected chi connectivity index (χ3v) is 4.18. The summed E-state index contributed by atoms with van der Waals surface area (Å²) in [6, 6.07) is 15.0. The summed E-state index contributed by atoms with van der Waals surface area (Å²) < 4.78 is 0. The Hall–Kier alpha value is -2.33. The van der Waals surface area contributed by atoms with Crippen molar-refractivity contribution in [1.29, 1.82) is 0 Å². The maximum Gasteiger partial charge on any atom is 0.224 e. The lowest BCUT2D eigenvalue weighted by Crippen LogP contribution is -2.27. The number of hydrogen-bond donors (Lipinski definition) is 2. The van der Waals surface area contributed by atoms with Gasteiger partial charge in [-0.1, -0.05) is 50.2 Å². The molecule has 0 aromatic heterocycles. The topological polar surface area (TPSA) is 52.6 Å². The van der Waals surface area contributed by atoms with Crippen LogP contribution >= 0.6 is 0 Å². The van der Waals surface area contributed by atoms with Crippen molar-refractivity contribution in [3.63, 3.8) is 0 Å². The maximum atomic E-state index is 12.1. The van der Waals surface area contributed by atoms with Gasteiger partial charge in [-0.15, -0.1) is 0 Å². The summed E-state index contributed by atoms with van der Waals surface area (Å²) in [6.45, 7) is 7.78. The zero-order valence-corrected chi connectivity index (χ0v) is 14.5. The van der Waals surface area contributed by atoms with Crippen molar-refractivity contribution in [2.75, 3.05) is 13.1 Å². The van der Waals surface area contributed by atoms with Gasteiger partial charge in [0.15, 0.2) is 0 Å². The lowest BCUT2D eigenvalue weighted by Gasteiger charge is -2.20. The summed E-state index contributed by atoms with van der Waals surface area (Å²) in [5.41, 5.74) is 3.30. The fourth-order valence-corrected chi connectivity index (χ4v) is 2.63. The van der Waals surface area contributed by atoms with Crippen molar-refractivity contribution in [2.24, 2.45) is 0 Å². The lowest BCUT2D eigenvalue weighted by molar-refractivity contribution is -0.120. The molecule has 4 heteroatoms. The van der Waals surface area contributed by atoms with Gasteiger partial charge in [0.2, 0.25) is 5.91 Å². The summed E-state index contributed by atoms with van der Waals surface area (Å²) in [5.74, 6) is 0.197. The second-order valence-electron chi connectivity index (χ2n) is 5.85. The van der Waals surface area contributed by atoms with Crippen LogP contribution in [0.1, 0.15) is 30.5 Å². The first-order valence-electron chi connectivity index (χ1n) is 8.46. The van der Waals surface area contributed by atoms with E-state index in [1.165, 1.54) is 5.56 Å². The van der Waals surface area contributed by atoms with Gasteiger partial charge in [-0.2, -0.15) is 0 Å². The first kappa shape index (κ1) is 18.0. The van der Waals surface area contributed by atoms with Crippen molar-refractivity contribution in [3.05, 3.63) is 65.2 Å². The first-order valence-corrected chi connectivity index (χ1v) is 8.46. The van der Waals surface area contributed by atoms with E-state index in [2.05, 4.69) is 36.2 Å². The molecule has 0 atom stereocenters. The number of benzene rings is 2. The summed E-state index contributed by atoms with van der Waals surface area (Å²) in [5, 5.41) is 12.3. The van der Waals surface area contributed by atoms with E-state index in [9.17, 15) is 9.90 Å². The number of amides is 1. The van der Waals surface area contributed by atoms with Gasteiger partial charge in [-0.3, -0.25) is 9.69 Å². The molecule has 2 aromatic rings. The molecule has 0 bridgehead atoms. The van der Waals surface area contributed by atoms with Crippen LogP contribution in [0.5, 0.6) is 5.75 Å². The second kappa shape index (κ2) is 9.08. The van der Waals surface area contributed by atoms with Crippen molar-refractivity contribution in [2.45, 2.75) is 33.4 Å². The highest BCUT2D eigenvalue weighted by Gasteiger charge is 2.08. The zero-order chi connectivity index (χ0) is 17.4. The average molecular weight is 326 g/mol. The predicted octanol–water partition coefficient (Wildman–Crippen LogP) is 3.09.